The van der Waals surface area contributed by atoms with Gasteiger partial charge in [0, 0.05) is 28.8 Å². The Kier molecular flexibility index (Phi) is 9.30. The van der Waals surface area contributed by atoms with Gasteiger partial charge in [0.15, 0.2) is 0 Å². The number of nitrogens with zero attached hydrogens (tertiary/aromatic N) is 2. The number of anilines is 1. The molecule has 3 heteroatoms. The average Bonchev–Trinajstić information content (AvgIpc) is 2.77. The highest BCUT2D eigenvalue weighted by Crippen LogP contribution is 2.47. The molecule has 3 rings (SSSR count). The molecule has 0 heterocycles. The van der Waals surface area contributed by atoms with E-state index in [4.69, 9.17) is 11.6 Å². The average molecular weight is 469 g/mol. The molecule has 2 aromatic carbocycles. The van der Waals surface area contributed by atoms with Crippen molar-refractivity contribution in [2.24, 2.45) is 5.92 Å². The van der Waals surface area contributed by atoms with Crippen LogP contribution in [0.3, 0.4) is 0 Å². The van der Waals surface area contributed by atoms with E-state index in [9.17, 15) is 0 Å². The van der Waals surface area contributed by atoms with Gasteiger partial charge in [0.1, 0.15) is 0 Å². The van der Waals surface area contributed by atoms with Crippen LogP contribution in [0.4, 0.5) is 5.69 Å². The number of aryl methyl sites for hydroxylation is 2. The van der Waals surface area contributed by atoms with E-state index in [-0.39, 0.29) is 5.54 Å². The van der Waals surface area contributed by atoms with Crippen LogP contribution in [-0.4, -0.2) is 30.6 Å². The first-order valence-corrected chi connectivity index (χ1v) is 13.6. The van der Waals surface area contributed by atoms with Crippen LogP contribution in [0.15, 0.2) is 42.5 Å². The fourth-order valence-electron chi connectivity index (χ4n) is 6.32. The number of benzene rings is 2. The minimum absolute atomic E-state index is 0.104. The molecule has 1 aliphatic rings. The summed E-state index contributed by atoms with van der Waals surface area (Å²) in [5.74, 6) is 0.609. The summed E-state index contributed by atoms with van der Waals surface area (Å²) < 4.78 is 0. The minimum Gasteiger partial charge on any atom is -0.368 e. The van der Waals surface area contributed by atoms with Crippen molar-refractivity contribution in [3.05, 3.63) is 64.2 Å². The van der Waals surface area contributed by atoms with Crippen molar-refractivity contribution in [2.45, 2.75) is 91.6 Å². The Morgan fingerprint density at radius 1 is 0.879 bits per heavy atom. The first-order valence-electron chi connectivity index (χ1n) is 13.2. The quantitative estimate of drug-likeness (QED) is 0.345. The maximum Gasteiger partial charge on any atom is 0.0464 e. The standard InChI is InChI=1S/C30H45ClN2/c1-7-16-32(17-8-2)30(26-10-12-27(31)13-11-26)15-14-29(25(6)22-30)33(18-9-3)28-20-23(4)19-24(5)21-28/h10-13,19-21,25,29H,7-9,14-18,22H2,1-6H3. The van der Waals surface area contributed by atoms with Crippen molar-refractivity contribution in [2.75, 3.05) is 24.5 Å². The van der Waals surface area contributed by atoms with Gasteiger partial charge in [-0.2, -0.15) is 0 Å². The van der Waals surface area contributed by atoms with Gasteiger partial charge in [0.05, 0.1) is 0 Å². The maximum absolute atomic E-state index is 6.30. The molecule has 0 bridgehead atoms. The van der Waals surface area contributed by atoms with Gasteiger partial charge in [-0.25, -0.2) is 0 Å². The van der Waals surface area contributed by atoms with Gasteiger partial charge >= 0.3 is 0 Å². The summed E-state index contributed by atoms with van der Waals surface area (Å²) in [4.78, 5) is 5.52. The molecule has 182 valence electrons. The molecule has 0 amide bonds. The van der Waals surface area contributed by atoms with Crippen LogP contribution in [0.25, 0.3) is 0 Å². The van der Waals surface area contributed by atoms with Crippen LogP contribution in [0.2, 0.25) is 5.02 Å². The molecule has 0 aromatic heterocycles. The number of hydrogen-bond donors (Lipinski definition) is 0. The highest BCUT2D eigenvalue weighted by Gasteiger charge is 2.45. The van der Waals surface area contributed by atoms with E-state index >= 15 is 0 Å². The molecule has 2 aromatic rings. The zero-order valence-electron chi connectivity index (χ0n) is 21.8. The van der Waals surface area contributed by atoms with E-state index in [0.29, 0.717) is 12.0 Å². The third kappa shape index (κ3) is 5.95. The molecule has 0 N–H and O–H groups in total. The fourth-order valence-corrected chi connectivity index (χ4v) is 6.45. The largest absolute Gasteiger partial charge is 0.368 e. The first-order chi connectivity index (χ1) is 15.8. The second-order valence-corrected chi connectivity index (χ2v) is 10.8. The molecule has 0 radical (unpaired) electrons. The molecular formula is C30H45ClN2. The molecule has 1 aliphatic carbocycles. The molecule has 0 saturated heterocycles. The zero-order valence-corrected chi connectivity index (χ0v) is 22.6. The third-order valence-electron chi connectivity index (χ3n) is 7.55. The van der Waals surface area contributed by atoms with E-state index in [2.05, 4.69) is 93.8 Å². The Bertz CT molecular complexity index is 851. The monoisotopic (exact) mass is 468 g/mol. The molecule has 2 nitrogen and oxygen atoms in total. The maximum atomic E-state index is 6.30. The van der Waals surface area contributed by atoms with Gasteiger partial charge in [0.2, 0.25) is 0 Å². The topological polar surface area (TPSA) is 6.48 Å². The lowest BCUT2D eigenvalue weighted by atomic mass is 9.68. The number of halogens is 1. The van der Waals surface area contributed by atoms with Crippen LogP contribution in [0.5, 0.6) is 0 Å². The summed E-state index contributed by atoms with van der Waals surface area (Å²) in [5, 5.41) is 0.831. The second-order valence-electron chi connectivity index (χ2n) is 10.4. The van der Waals surface area contributed by atoms with Crippen LogP contribution < -0.4 is 4.90 Å². The predicted molar refractivity (Wildman–Crippen MR) is 146 cm³/mol. The van der Waals surface area contributed by atoms with Crippen molar-refractivity contribution in [3.8, 4) is 0 Å². The summed E-state index contributed by atoms with van der Waals surface area (Å²) in [6, 6.07) is 16.4. The normalized spacial score (nSPS) is 23.2. The van der Waals surface area contributed by atoms with Crippen LogP contribution in [-0.2, 0) is 5.54 Å². The van der Waals surface area contributed by atoms with Gasteiger partial charge in [0.25, 0.3) is 0 Å². The van der Waals surface area contributed by atoms with E-state index in [1.807, 2.05) is 0 Å². The fraction of sp³-hybridized carbons (Fsp3) is 0.600. The number of hydrogen-bond acceptors (Lipinski definition) is 2. The van der Waals surface area contributed by atoms with Gasteiger partial charge in [-0.15, -0.1) is 0 Å². The Balaban J connectivity index is 1.97. The van der Waals surface area contributed by atoms with Crippen LogP contribution in [0.1, 0.15) is 82.9 Å². The minimum atomic E-state index is 0.104. The molecular weight excluding hydrogens is 424 g/mol. The van der Waals surface area contributed by atoms with Crippen LogP contribution >= 0.6 is 11.6 Å². The van der Waals surface area contributed by atoms with Crippen molar-refractivity contribution in [1.29, 1.82) is 0 Å². The molecule has 3 unspecified atom stereocenters. The lowest BCUT2D eigenvalue weighted by molar-refractivity contribution is 0.0204. The van der Waals surface area contributed by atoms with Crippen molar-refractivity contribution < 1.29 is 0 Å². The van der Waals surface area contributed by atoms with E-state index in [1.165, 1.54) is 60.9 Å². The van der Waals surface area contributed by atoms with E-state index < -0.39 is 0 Å². The second kappa shape index (κ2) is 11.8. The summed E-state index contributed by atoms with van der Waals surface area (Å²) >= 11 is 6.30. The van der Waals surface area contributed by atoms with Crippen molar-refractivity contribution in [3.63, 3.8) is 0 Å². The summed E-state index contributed by atoms with van der Waals surface area (Å²) in [6.07, 6.45) is 7.19. The predicted octanol–water partition coefficient (Wildman–Crippen LogP) is 8.38. The van der Waals surface area contributed by atoms with Crippen molar-refractivity contribution in [1.82, 2.24) is 4.90 Å². The van der Waals surface area contributed by atoms with E-state index in [0.717, 1.165) is 24.7 Å². The van der Waals surface area contributed by atoms with Crippen LogP contribution in [0, 0.1) is 19.8 Å². The lowest BCUT2D eigenvalue weighted by Crippen LogP contribution is -2.55. The third-order valence-corrected chi connectivity index (χ3v) is 7.80. The van der Waals surface area contributed by atoms with Crippen molar-refractivity contribution >= 4 is 17.3 Å². The Morgan fingerprint density at radius 2 is 1.45 bits per heavy atom. The molecule has 3 atom stereocenters. The highest BCUT2D eigenvalue weighted by molar-refractivity contribution is 6.30. The SMILES string of the molecule is CCCN(c1cc(C)cc(C)c1)C1CCC(c2ccc(Cl)cc2)(N(CCC)CCC)CC1C. The lowest BCUT2D eigenvalue weighted by Gasteiger charge is -2.53. The molecule has 33 heavy (non-hydrogen) atoms. The molecule has 0 aliphatic heterocycles. The van der Waals surface area contributed by atoms with E-state index in [1.54, 1.807) is 0 Å². The zero-order chi connectivity index (χ0) is 24.0. The van der Waals surface area contributed by atoms with Gasteiger partial charge in [-0.3, -0.25) is 4.90 Å². The summed E-state index contributed by atoms with van der Waals surface area (Å²) in [6.45, 7) is 17.3. The summed E-state index contributed by atoms with van der Waals surface area (Å²) in [5.41, 5.74) is 5.69. The van der Waals surface area contributed by atoms with Gasteiger partial charge in [-0.05, 0) is 112 Å². The Hall–Kier alpha value is -1.51. The smallest absolute Gasteiger partial charge is 0.0464 e. The van der Waals surface area contributed by atoms with Gasteiger partial charge < -0.3 is 4.90 Å². The summed E-state index contributed by atoms with van der Waals surface area (Å²) in [7, 11) is 0. The molecule has 1 fully saturated rings. The van der Waals surface area contributed by atoms with Gasteiger partial charge in [-0.1, -0.05) is 57.5 Å². The Labute approximate surface area is 208 Å². The molecule has 0 spiro atoms. The molecule has 1 saturated carbocycles. The highest BCUT2D eigenvalue weighted by atomic mass is 35.5. The first kappa shape index (κ1) is 26.1. The Morgan fingerprint density at radius 3 is 1.97 bits per heavy atom. The number of rotatable bonds is 10.